The molecular formula is C15H21NO4. The fourth-order valence-electron chi connectivity index (χ4n) is 2.15. The van der Waals surface area contributed by atoms with Gasteiger partial charge in [-0.3, -0.25) is 0 Å². The van der Waals surface area contributed by atoms with E-state index in [1.54, 1.807) is 6.92 Å². The third-order valence-corrected chi connectivity index (χ3v) is 3.35. The number of hydrogen-bond acceptors (Lipinski definition) is 4. The van der Waals surface area contributed by atoms with Gasteiger partial charge >= 0.3 is 6.09 Å². The van der Waals surface area contributed by atoms with Crippen molar-refractivity contribution in [3.8, 4) is 0 Å². The minimum Gasteiger partial charge on any atom is -0.444 e. The van der Waals surface area contributed by atoms with E-state index < -0.39 is 12.2 Å². The number of benzene rings is 1. The highest BCUT2D eigenvalue weighted by Crippen LogP contribution is 2.10. The number of carbonyl (C=O) groups is 1. The molecule has 1 amide bonds. The van der Waals surface area contributed by atoms with E-state index in [9.17, 15) is 9.90 Å². The molecule has 1 aliphatic heterocycles. The van der Waals surface area contributed by atoms with Crippen molar-refractivity contribution in [2.24, 2.45) is 0 Å². The van der Waals surface area contributed by atoms with E-state index >= 15 is 0 Å². The van der Waals surface area contributed by atoms with Gasteiger partial charge in [0.2, 0.25) is 0 Å². The number of aliphatic hydroxyl groups is 1. The van der Waals surface area contributed by atoms with Crippen LogP contribution in [0.25, 0.3) is 0 Å². The number of rotatable bonds is 5. The van der Waals surface area contributed by atoms with Crippen molar-refractivity contribution in [2.75, 3.05) is 13.2 Å². The van der Waals surface area contributed by atoms with Crippen LogP contribution in [-0.4, -0.2) is 42.7 Å². The van der Waals surface area contributed by atoms with Crippen LogP contribution in [0, 0.1) is 0 Å². The van der Waals surface area contributed by atoms with E-state index in [-0.39, 0.29) is 12.1 Å². The van der Waals surface area contributed by atoms with Crippen LogP contribution < -0.4 is 5.32 Å². The topological polar surface area (TPSA) is 67.8 Å². The summed E-state index contributed by atoms with van der Waals surface area (Å²) in [4.78, 5) is 11.8. The molecule has 0 saturated carbocycles. The molecule has 1 heterocycles. The first-order valence-corrected chi connectivity index (χ1v) is 6.92. The maximum Gasteiger partial charge on any atom is 0.407 e. The average Bonchev–Trinajstić information content (AvgIpc) is 2.92. The molecule has 0 aromatic heterocycles. The van der Waals surface area contributed by atoms with Gasteiger partial charge < -0.3 is 19.9 Å². The van der Waals surface area contributed by atoms with E-state index in [1.807, 2.05) is 30.3 Å². The summed E-state index contributed by atoms with van der Waals surface area (Å²) >= 11 is 0. The lowest BCUT2D eigenvalue weighted by Gasteiger charge is -2.22. The molecule has 2 N–H and O–H groups in total. The van der Waals surface area contributed by atoms with Crippen LogP contribution >= 0.6 is 0 Å². The summed E-state index contributed by atoms with van der Waals surface area (Å²) in [5.74, 6) is 0. The summed E-state index contributed by atoms with van der Waals surface area (Å²) in [6, 6.07) is 9.36. The number of hydrogen-bond donors (Lipinski definition) is 2. The highest BCUT2D eigenvalue weighted by atomic mass is 16.6. The number of amides is 1. The second-order valence-electron chi connectivity index (χ2n) is 5.07. The highest BCUT2D eigenvalue weighted by Gasteiger charge is 2.23. The number of nitrogens with one attached hydrogen (secondary N) is 1. The third kappa shape index (κ3) is 4.51. The van der Waals surface area contributed by atoms with E-state index in [2.05, 4.69) is 5.32 Å². The molecule has 110 valence electrons. The first-order valence-electron chi connectivity index (χ1n) is 6.92. The smallest absolute Gasteiger partial charge is 0.407 e. The van der Waals surface area contributed by atoms with Crippen molar-refractivity contribution in [3.05, 3.63) is 35.9 Å². The molecule has 5 nitrogen and oxygen atoms in total. The fourth-order valence-corrected chi connectivity index (χ4v) is 2.15. The van der Waals surface area contributed by atoms with Gasteiger partial charge in [-0.25, -0.2) is 4.79 Å². The second kappa shape index (κ2) is 7.26. The molecule has 3 atom stereocenters. The van der Waals surface area contributed by atoms with Gasteiger partial charge in [0.15, 0.2) is 0 Å². The molecule has 0 unspecified atom stereocenters. The Morgan fingerprint density at radius 3 is 2.85 bits per heavy atom. The van der Waals surface area contributed by atoms with Gasteiger partial charge in [-0.2, -0.15) is 0 Å². The van der Waals surface area contributed by atoms with Crippen LogP contribution in [0.2, 0.25) is 0 Å². The Morgan fingerprint density at radius 1 is 1.50 bits per heavy atom. The third-order valence-electron chi connectivity index (χ3n) is 3.35. The lowest BCUT2D eigenvalue weighted by molar-refractivity contribution is 0.0717. The van der Waals surface area contributed by atoms with E-state index in [1.165, 1.54) is 0 Å². The van der Waals surface area contributed by atoms with Crippen molar-refractivity contribution >= 4 is 6.09 Å². The van der Waals surface area contributed by atoms with Gasteiger partial charge in [0.25, 0.3) is 0 Å². The monoisotopic (exact) mass is 279 g/mol. The van der Waals surface area contributed by atoms with Gasteiger partial charge in [-0.1, -0.05) is 30.3 Å². The largest absolute Gasteiger partial charge is 0.444 e. The van der Waals surface area contributed by atoms with Gasteiger partial charge in [0.1, 0.15) is 6.10 Å². The fraction of sp³-hybridized carbons (Fsp3) is 0.533. The number of alkyl carbamates (subject to hydrolysis) is 1. The van der Waals surface area contributed by atoms with Crippen LogP contribution in [0.5, 0.6) is 0 Å². The Balaban J connectivity index is 1.86. The SMILES string of the molecule is C[C@@H](O)[C@H](Cc1ccccc1)NC(=O)O[C@H]1CCOC1. The summed E-state index contributed by atoms with van der Waals surface area (Å²) in [7, 11) is 0. The molecular weight excluding hydrogens is 258 g/mol. The molecule has 0 radical (unpaired) electrons. The number of aliphatic hydroxyl groups excluding tert-OH is 1. The zero-order valence-corrected chi connectivity index (χ0v) is 11.6. The Bertz CT molecular complexity index is 415. The Labute approximate surface area is 118 Å². The van der Waals surface area contributed by atoms with Crippen LogP contribution in [0.4, 0.5) is 4.79 Å². The minimum absolute atomic E-state index is 0.179. The van der Waals surface area contributed by atoms with E-state index in [0.717, 1.165) is 12.0 Å². The summed E-state index contributed by atoms with van der Waals surface area (Å²) in [6.07, 6.45) is -0.0356. The molecule has 0 spiro atoms. The molecule has 1 aromatic rings. The van der Waals surface area contributed by atoms with Gasteiger partial charge in [-0.05, 0) is 18.9 Å². The zero-order valence-electron chi connectivity index (χ0n) is 11.6. The Hall–Kier alpha value is -1.59. The standard InChI is InChI=1S/C15H21NO4/c1-11(17)14(9-12-5-3-2-4-6-12)16-15(18)20-13-7-8-19-10-13/h2-6,11,13-14,17H,7-10H2,1H3,(H,16,18)/t11-,13+,14+/m1/s1. The normalized spacial score (nSPS) is 21.2. The predicted molar refractivity (Wildman–Crippen MR) is 74.5 cm³/mol. The predicted octanol–water partition coefficient (Wildman–Crippen LogP) is 1.49. The van der Waals surface area contributed by atoms with E-state index in [4.69, 9.17) is 9.47 Å². The molecule has 0 bridgehead atoms. The Morgan fingerprint density at radius 2 is 2.25 bits per heavy atom. The molecule has 1 saturated heterocycles. The molecule has 1 aliphatic rings. The van der Waals surface area contributed by atoms with Crippen molar-refractivity contribution in [1.82, 2.24) is 5.32 Å². The van der Waals surface area contributed by atoms with Crippen LogP contribution in [0.3, 0.4) is 0 Å². The number of carbonyl (C=O) groups excluding carboxylic acids is 1. The lowest BCUT2D eigenvalue weighted by atomic mass is 10.0. The van der Waals surface area contributed by atoms with Gasteiger partial charge in [0.05, 0.1) is 25.4 Å². The Kier molecular flexibility index (Phi) is 5.38. The van der Waals surface area contributed by atoms with Crippen molar-refractivity contribution in [2.45, 2.75) is 38.0 Å². The van der Waals surface area contributed by atoms with Crippen LogP contribution in [-0.2, 0) is 15.9 Å². The van der Waals surface area contributed by atoms with Crippen molar-refractivity contribution < 1.29 is 19.4 Å². The van der Waals surface area contributed by atoms with Gasteiger partial charge in [-0.15, -0.1) is 0 Å². The molecule has 2 rings (SSSR count). The van der Waals surface area contributed by atoms with Crippen LogP contribution in [0.1, 0.15) is 18.9 Å². The maximum atomic E-state index is 11.8. The molecule has 1 aromatic carbocycles. The van der Waals surface area contributed by atoms with Gasteiger partial charge in [0, 0.05) is 6.42 Å². The molecule has 5 heteroatoms. The highest BCUT2D eigenvalue weighted by molar-refractivity contribution is 5.68. The first kappa shape index (κ1) is 14.8. The zero-order chi connectivity index (χ0) is 14.4. The number of ether oxygens (including phenoxy) is 2. The summed E-state index contributed by atoms with van der Waals surface area (Å²) in [5, 5.41) is 12.5. The lowest BCUT2D eigenvalue weighted by Crippen LogP contribution is -2.44. The molecule has 0 aliphatic carbocycles. The minimum atomic E-state index is -0.650. The average molecular weight is 279 g/mol. The molecule has 1 fully saturated rings. The van der Waals surface area contributed by atoms with Crippen LogP contribution in [0.15, 0.2) is 30.3 Å². The summed E-state index contributed by atoms with van der Waals surface area (Å²) in [5.41, 5.74) is 1.06. The quantitative estimate of drug-likeness (QED) is 0.857. The summed E-state index contributed by atoms with van der Waals surface area (Å²) < 4.78 is 10.4. The maximum absolute atomic E-state index is 11.8. The van der Waals surface area contributed by atoms with Crippen molar-refractivity contribution in [1.29, 1.82) is 0 Å². The second-order valence-corrected chi connectivity index (χ2v) is 5.07. The summed E-state index contributed by atoms with van der Waals surface area (Å²) in [6.45, 7) is 2.74. The first-order chi connectivity index (χ1) is 9.65. The molecule has 20 heavy (non-hydrogen) atoms. The van der Waals surface area contributed by atoms with E-state index in [0.29, 0.717) is 19.6 Å². The van der Waals surface area contributed by atoms with Crippen molar-refractivity contribution in [3.63, 3.8) is 0 Å².